The zero-order valence-electron chi connectivity index (χ0n) is 22.0. The van der Waals surface area contributed by atoms with E-state index in [9.17, 15) is 9.90 Å². The summed E-state index contributed by atoms with van der Waals surface area (Å²) in [6.45, 7) is 10.8. The summed E-state index contributed by atoms with van der Waals surface area (Å²) in [5.41, 5.74) is 1.05. The molecular formula is C28H47NO4S. The molecule has 3 aliphatic heterocycles. The van der Waals surface area contributed by atoms with Crippen LogP contribution in [0.4, 0.5) is 0 Å². The normalized spacial score (nSPS) is 56.0. The number of carbonyl (C=O) groups excluding carboxylic acids is 1. The Labute approximate surface area is 208 Å². The molecule has 1 amide bonds. The van der Waals surface area contributed by atoms with Gasteiger partial charge in [0.1, 0.15) is 0 Å². The average Bonchev–Trinajstić information content (AvgIpc) is 3.16. The number of aliphatic hydroxyl groups excluding tert-OH is 1. The van der Waals surface area contributed by atoms with Crippen molar-refractivity contribution >= 4 is 15.9 Å². The molecule has 1 N–H and O–H groups in total. The monoisotopic (exact) mass is 493 g/mol. The quantitative estimate of drug-likeness (QED) is 0.638. The lowest BCUT2D eigenvalue weighted by Gasteiger charge is -2.58. The molecule has 3 aliphatic carbocycles. The summed E-state index contributed by atoms with van der Waals surface area (Å²) < 4.78 is 12.6. The van der Waals surface area contributed by atoms with Crippen LogP contribution < -0.4 is 0 Å². The van der Waals surface area contributed by atoms with Crippen LogP contribution in [0.2, 0.25) is 0 Å². The van der Waals surface area contributed by atoms with Crippen molar-refractivity contribution in [2.45, 2.75) is 90.0 Å². The zero-order valence-corrected chi connectivity index (χ0v) is 22.8. The number of rotatable bonds is 3. The van der Waals surface area contributed by atoms with Gasteiger partial charge in [0.2, 0.25) is 5.91 Å². The number of amides is 1. The summed E-state index contributed by atoms with van der Waals surface area (Å²) in [7, 11) is -0.627. The number of nitrogens with zero attached hydrogens (tertiary/aromatic N) is 1. The molecule has 3 heterocycles. The maximum atomic E-state index is 12.5. The number of aliphatic hydroxyl groups is 1. The van der Waals surface area contributed by atoms with Gasteiger partial charge in [-0.25, -0.2) is 10.0 Å². The molecule has 0 aromatic heterocycles. The Morgan fingerprint density at radius 1 is 1.15 bits per heavy atom. The first-order valence-corrected chi connectivity index (χ1v) is 16.5. The van der Waals surface area contributed by atoms with Crippen molar-refractivity contribution in [1.29, 1.82) is 0 Å². The Hall–Kier alpha value is -0.300. The average molecular weight is 494 g/mol. The minimum Gasteiger partial charge on any atom is -0.392 e. The number of morpholine rings is 1. The molecule has 11 atom stereocenters. The van der Waals surface area contributed by atoms with Gasteiger partial charge in [-0.05, 0) is 90.3 Å². The minimum atomic E-state index is -0.627. The summed E-state index contributed by atoms with van der Waals surface area (Å²) in [6.07, 6.45) is 10.1. The smallest absolute Gasteiger partial charge is 0.225 e. The fourth-order valence-electron chi connectivity index (χ4n) is 10.5. The third-order valence-electron chi connectivity index (χ3n) is 11.9. The van der Waals surface area contributed by atoms with Crippen LogP contribution in [0, 0.1) is 40.4 Å². The van der Waals surface area contributed by atoms with Gasteiger partial charge in [-0.3, -0.25) is 4.79 Å². The Morgan fingerprint density at radius 3 is 2.65 bits per heavy atom. The molecule has 194 valence electrons. The lowest BCUT2D eigenvalue weighted by Crippen LogP contribution is -2.53. The van der Waals surface area contributed by atoms with Crippen LogP contribution in [0.25, 0.3) is 0 Å². The first-order chi connectivity index (χ1) is 16.1. The van der Waals surface area contributed by atoms with Crippen molar-refractivity contribution < 1.29 is 19.4 Å². The Kier molecular flexibility index (Phi) is 5.73. The Morgan fingerprint density at radius 2 is 1.88 bits per heavy atom. The van der Waals surface area contributed by atoms with Crippen LogP contribution in [0.15, 0.2) is 0 Å². The van der Waals surface area contributed by atoms with Crippen LogP contribution in [0.5, 0.6) is 0 Å². The van der Waals surface area contributed by atoms with E-state index in [4.69, 9.17) is 9.47 Å². The highest BCUT2D eigenvalue weighted by molar-refractivity contribution is 8.33. The Balaban J connectivity index is 1.17. The van der Waals surface area contributed by atoms with E-state index in [0.717, 1.165) is 41.6 Å². The molecule has 0 aromatic carbocycles. The molecule has 0 radical (unpaired) electrons. The SMILES string of the molecule is CC(C)C(=O)N1CCOC(O[C@H]2CC[C@]34C(C)[C@]35CCS3(C)C[C@H](O)CC3[C@@H]5CC[C@H]4C2C)C1. The molecule has 0 bridgehead atoms. The molecule has 6 heteroatoms. The number of fused-ring (bicyclic) bond motifs is 2. The first-order valence-electron chi connectivity index (χ1n) is 14.1. The van der Waals surface area contributed by atoms with Gasteiger partial charge in [0, 0.05) is 18.2 Å². The summed E-state index contributed by atoms with van der Waals surface area (Å²) in [5, 5.41) is 11.4. The molecule has 34 heavy (non-hydrogen) atoms. The molecule has 5 nitrogen and oxygen atoms in total. The van der Waals surface area contributed by atoms with Crippen LogP contribution in [0.1, 0.15) is 66.2 Å². The van der Waals surface area contributed by atoms with Crippen molar-refractivity contribution in [2.24, 2.45) is 40.4 Å². The number of hydrogen-bond donors (Lipinski definition) is 1. The van der Waals surface area contributed by atoms with E-state index in [2.05, 4.69) is 20.1 Å². The van der Waals surface area contributed by atoms with Crippen molar-refractivity contribution in [1.82, 2.24) is 4.90 Å². The summed E-state index contributed by atoms with van der Waals surface area (Å²) in [6, 6.07) is 0. The van der Waals surface area contributed by atoms with E-state index in [1.807, 2.05) is 18.7 Å². The maximum absolute atomic E-state index is 12.5. The lowest BCUT2D eigenvalue weighted by molar-refractivity contribution is -0.226. The third-order valence-corrected chi connectivity index (χ3v) is 16.2. The molecule has 3 saturated carbocycles. The molecule has 2 spiro atoms. The van der Waals surface area contributed by atoms with Crippen LogP contribution in [-0.4, -0.2) is 77.1 Å². The van der Waals surface area contributed by atoms with Gasteiger partial charge in [0.25, 0.3) is 0 Å². The molecule has 5 unspecified atom stereocenters. The van der Waals surface area contributed by atoms with E-state index in [1.54, 1.807) is 0 Å². The second-order valence-electron chi connectivity index (χ2n) is 13.3. The molecule has 3 saturated heterocycles. The van der Waals surface area contributed by atoms with E-state index in [0.29, 0.717) is 36.4 Å². The topological polar surface area (TPSA) is 59.0 Å². The van der Waals surface area contributed by atoms with Gasteiger partial charge in [-0.2, -0.15) is 0 Å². The Bertz CT molecular complexity index is 837. The van der Waals surface area contributed by atoms with Crippen LogP contribution in [-0.2, 0) is 14.3 Å². The summed E-state index contributed by atoms with van der Waals surface area (Å²) in [4.78, 5) is 14.5. The van der Waals surface area contributed by atoms with Gasteiger partial charge in [0.05, 0.1) is 25.4 Å². The van der Waals surface area contributed by atoms with E-state index in [1.165, 1.54) is 31.4 Å². The molecule has 6 aliphatic rings. The summed E-state index contributed by atoms with van der Waals surface area (Å²) >= 11 is 0. The van der Waals surface area contributed by atoms with Crippen molar-refractivity contribution in [3.05, 3.63) is 0 Å². The number of hydrogen-bond acceptors (Lipinski definition) is 4. The van der Waals surface area contributed by atoms with Crippen LogP contribution in [0.3, 0.4) is 0 Å². The van der Waals surface area contributed by atoms with E-state index >= 15 is 0 Å². The molecule has 6 fully saturated rings. The van der Waals surface area contributed by atoms with Gasteiger partial charge >= 0.3 is 0 Å². The highest BCUT2D eigenvalue weighted by Gasteiger charge is 2.82. The number of carbonyl (C=O) groups is 1. The highest BCUT2D eigenvalue weighted by Crippen LogP contribution is 2.89. The van der Waals surface area contributed by atoms with Gasteiger partial charge in [0.15, 0.2) is 6.29 Å². The molecule has 6 rings (SSSR count). The fraction of sp³-hybridized carbons (Fsp3) is 0.964. The van der Waals surface area contributed by atoms with E-state index in [-0.39, 0.29) is 30.3 Å². The van der Waals surface area contributed by atoms with Crippen molar-refractivity contribution in [2.75, 3.05) is 37.5 Å². The zero-order chi connectivity index (χ0) is 24.0. The largest absolute Gasteiger partial charge is 0.392 e. The predicted octanol–water partition coefficient (Wildman–Crippen LogP) is 4.26. The minimum absolute atomic E-state index is 0.0232. The lowest BCUT2D eigenvalue weighted by atomic mass is 9.56. The first kappa shape index (κ1) is 24.1. The van der Waals surface area contributed by atoms with Gasteiger partial charge in [-0.15, -0.1) is 0 Å². The molecule has 0 aromatic rings. The van der Waals surface area contributed by atoms with Gasteiger partial charge < -0.3 is 19.5 Å². The second-order valence-corrected chi connectivity index (χ2v) is 17.4. The highest BCUT2D eigenvalue weighted by atomic mass is 32.3. The maximum Gasteiger partial charge on any atom is 0.225 e. The molecular weight excluding hydrogens is 446 g/mol. The van der Waals surface area contributed by atoms with Crippen LogP contribution >= 0.6 is 10.0 Å². The van der Waals surface area contributed by atoms with Crippen molar-refractivity contribution in [3.8, 4) is 0 Å². The standard InChI is InChI=1S/C28H47NO4S/c1-17(2)26(31)29-11-12-32-25(15-29)33-23-8-9-27-19(4)28(27)10-13-34(5)16-20(30)14-24(34)22(28)7-6-21(27)18(23)3/h17-25,30H,6-16H2,1-5H3/t18?,19?,20-,21+,22+,23+,24?,25?,27-,28+/m1/s1. The summed E-state index contributed by atoms with van der Waals surface area (Å²) in [5.74, 6) is 5.72. The third kappa shape index (κ3) is 3.13. The second kappa shape index (κ2) is 8.10. The number of ether oxygens (including phenoxy) is 2. The predicted molar refractivity (Wildman–Crippen MR) is 137 cm³/mol. The van der Waals surface area contributed by atoms with Crippen molar-refractivity contribution in [3.63, 3.8) is 0 Å². The van der Waals surface area contributed by atoms with E-state index < -0.39 is 10.0 Å². The fourth-order valence-corrected chi connectivity index (χ4v) is 14.9. The van der Waals surface area contributed by atoms with Gasteiger partial charge in [-0.1, -0.05) is 27.7 Å².